The minimum atomic E-state index is -0.297. The van der Waals surface area contributed by atoms with E-state index >= 15 is 0 Å². The van der Waals surface area contributed by atoms with Crippen LogP contribution in [0.2, 0.25) is 0 Å². The molecule has 2 rings (SSSR count). The van der Waals surface area contributed by atoms with Crippen molar-refractivity contribution < 1.29 is 4.39 Å². The number of benzene rings is 1. The second-order valence-electron chi connectivity index (χ2n) is 3.11. The predicted molar refractivity (Wildman–Crippen MR) is 52.7 cm³/mol. The first-order valence-electron chi connectivity index (χ1n) is 4.24. The highest BCUT2D eigenvalue weighted by atomic mass is 19.1. The van der Waals surface area contributed by atoms with Crippen LogP contribution >= 0.6 is 0 Å². The highest BCUT2D eigenvalue weighted by Crippen LogP contribution is 2.17. The third-order valence-electron chi connectivity index (χ3n) is 2.03. The average molecular weight is 191 g/mol. The second-order valence-corrected chi connectivity index (χ2v) is 3.11. The topological polar surface area (TPSA) is 43.8 Å². The summed E-state index contributed by atoms with van der Waals surface area (Å²) < 4.78 is 15.0. The van der Waals surface area contributed by atoms with Crippen molar-refractivity contribution in [3.63, 3.8) is 0 Å². The highest BCUT2D eigenvalue weighted by molar-refractivity contribution is 5.41. The molecule has 0 amide bonds. The number of anilines is 1. The molecule has 0 atom stereocenters. The Morgan fingerprint density at radius 3 is 2.79 bits per heavy atom. The number of hydrogen-bond donors (Lipinski definition) is 1. The van der Waals surface area contributed by atoms with Gasteiger partial charge in [0.1, 0.15) is 5.82 Å². The van der Waals surface area contributed by atoms with E-state index in [0.717, 1.165) is 5.56 Å². The van der Waals surface area contributed by atoms with Crippen LogP contribution in [0, 0.1) is 12.7 Å². The van der Waals surface area contributed by atoms with Gasteiger partial charge < -0.3 is 5.73 Å². The molecule has 0 spiro atoms. The molecule has 0 saturated carbocycles. The van der Waals surface area contributed by atoms with Gasteiger partial charge in [-0.2, -0.15) is 0 Å². The molecule has 1 aromatic carbocycles. The lowest BCUT2D eigenvalue weighted by Crippen LogP contribution is -2.02. The third-order valence-corrected chi connectivity index (χ3v) is 2.03. The van der Waals surface area contributed by atoms with E-state index in [9.17, 15) is 4.39 Å². The molecule has 1 aromatic heterocycles. The smallest absolute Gasteiger partial charge is 0.204 e. The minimum absolute atomic E-state index is 0.285. The van der Waals surface area contributed by atoms with Gasteiger partial charge in [-0.3, -0.25) is 4.57 Å². The summed E-state index contributed by atoms with van der Waals surface area (Å²) in [6.07, 6.45) is 3.16. The minimum Gasteiger partial charge on any atom is -0.369 e. The van der Waals surface area contributed by atoms with Crippen molar-refractivity contribution in [3.05, 3.63) is 42.0 Å². The zero-order valence-electron chi connectivity index (χ0n) is 7.74. The molecule has 0 unspecified atom stereocenters. The maximum absolute atomic E-state index is 13.5. The maximum Gasteiger partial charge on any atom is 0.204 e. The summed E-state index contributed by atoms with van der Waals surface area (Å²) in [5.74, 6) is -0.0116. The number of nitrogens with two attached hydrogens (primary N) is 1. The van der Waals surface area contributed by atoms with E-state index in [-0.39, 0.29) is 11.8 Å². The van der Waals surface area contributed by atoms with Gasteiger partial charge in [0.05, 0.1) is 5.69 Å². The first kappa shape index (κ1) is 8.74. The monoisotopic (exact) mass is 191 g/mol. The van der Waals surface area contributed by atoms with Gasteiger partial charge in [0.15, 0.2) is 0 Å². The van der Waals surface area contributed by atoms with E-state index in [2.05, 4.69) is 4.98 Å². The molecular weight excluding hydrogens is 181 g/mol. The first-order chi connectivity index (χ1) is 6.68. The lowest BCUT2D eigenvalue weighted by atomic mass is 10.2. The maximum atomic E-state index is 13.5. The molecule has 0 radical (unpaired) electrons. The van der Waals surface area contributed by atoms with Crippen molar-refractivity contribution in [2.45, 2.75) is 6.92 Å². The molecule has 2 aromatic rings. The van der Waals surface area contributed by atoms with Crippen LogP contribution in [0.3, 0.4) is 0 Å². The van der Waals surface area contributed by atoms with Gasteiger partial charge in [0.25, 0.3) is 0 Å². The predicted octanol–water partition coefficient (Wildman–Crippen LogP) is 1.90. The fraction of sp³-hybridized carbons (Fsp3) is 0.100. The molecule has 14 heavy (non-hydrogen) atoms. The molecule has 4 heteroatoms. The normalized spacial score (nSPS) is 10.4. The number of nitrogens with zero attached hydrogens (tertiary/aromatic N) is 2. The molecule has 0 bridgehead atoms. The summed E-state index contributed by atoms with van der Waals surface area (Å²) in [7, 11) is 0. The third kappa shape index (κ3) is 1.35. The Bertz CT molecular complexity index is 462. The van der Waals surface area contributed by atoms with Crippen LogP contribution in [0.5, 0.6) is 0 Å². The molecule has 2 N–H and O–H groups in total. The fourth-order valence-electron chi connectivity index (χ4n) is 1.33. The van der Waals surface area contributed by atoms with Crippen molar-refractivity contribution in [2.24, 2.45) is 0 Å². The Balaban J connectivity index is 2.58. The number of nitrogen functional groups attached to an aromatic ring is 1. The summed E-state index contributed by atoms with van der Waals surface area (Å²) >= 11 is 0. The molecule has 0 aliphatic rings. The van der Waals surface area contributed by atoms with Crippen LogP contribution < -0.4 is 5.73 Å². The Kier molecular flexibility index (Phi) is 1.96. The van der Waals surface area contributed by atoms with Crippen molar-refractivity contribution in [3.8, 4) is 5.69 Å². The van der Waals surface area contributed by atoms with E-state index < -0.39 is 0 Å². The lowest BCUT2D eigenvalue weighted by molar-refractivity contribution is 0.617. The largest absolute Gasteiger partial charge is 0.369 e. The number of imidazole rings is 1. The van der Waals surface area contributed by atoms with Gasteiger partial charge in [-0.1, -0.05) is 6.07 Å². The Morgan fingerprint density at radius 2 is 2.21 bits per heavy atom. The second kappa shape index (κ2) is 3.14. The van der Waals surface area contributed by atoms with Gasteiger partial charge in [0.2, 0.25) is 5.95 Å². The number of hydrogen-bond acceptors (Lipinski definition) is 2. The molecular formula is C10H10FN3. The van der Waals surface area contributed by atoms with Crippen molar-refractivity contribution in [1.82, 2.24) is 9.55 Å². The zero-order valence-corrected chi connectivity index (χ0v) is 7.74. The van der Waals surface area contributed by atoms with Gasteiger partial charge in [-0.25, -0.2) is 9.37 Å². The summed E-state index contributed by atoms with van der Waals surface area (Å²) in [4.78, 5) is 3.83. The summed E-state index contributed by atoms with van der Waals surface area (Å²) in [6, 6.07) is 4.98. The molecule has 0 fully saturated rings. The van der Waals surface area contributed by atoms with Crippen LogP contribution in [0.25, 0.3) is 5.69 Å². The summed E-state index contributed by atoms with van der Waals surface area (Å²) in [5.41, 5.74) is 6.87. The van der Waals surface area contributed by atoms with Gasteiger partial charge in [-0.05, 0) is 24.6 Å². The lowest BCUT2D eigenvalue weighted by Gasteiger charge is -2.06. The van der Waals surface area contributed by atoms with E-state index in [1.54, 1.807) is 12.3 Å². The van der Waals surface area contributed by atoms with E-state index in [0.29, 0.717) is 5.69 Å². The Labute approximate surface area is 81.0 Å². The molecule has 0 aliphatic heterocycles. The summed E-state index contributed by atoms with van der Waals surface area (Å²) in [5, 5.41) is 0. The SMILES string of the molecule is Cc1ccc(-n2ccnc2N)c(F)c1. The molecule has 0 aliphatic carbocycles. The van der Waals surface area contributed by atoms with Crippen LogP contribution in [-0.2, 0) is 0 Å². The summed E-state index contributed by atoms with van der Waals surface area (Å²) in [6.45, 7) is 1.84. The van der Waals surface area contributed by atoms with Crippen molar-refractivity contribution in [1.29, 1.82) is 0 Å². The highest BCUT2D eigenvalue weighted by Gasteiger charge is 2.06. The van der Waals surface area contributed by atoms with E-state index in [4.69, 9.17) is 5.73 Å². The first-order valence-corrected chi connectivity index (χ1v) is 4.24. The fourth-order valence-corrected chi connectivity index (χ4v) is 1.33. The Hall–Kier alpha value is -1.84. The van der Waals surface area contributed by atoms with Gasteiger partial charge >= 0.3 is 0 Å². The number of aryl methyl sites for hydroxylation is 1. The Morgan fingerprint density at radius 1 is 1.43 bits per heavy atom. The van der Waals surface area contributed by atoms with Crippen LogP contribution in [0.4, 0.5) is 10.3 Å². The molecule has 0 saturated heterocycles. The van der Waals surface area contributed by atoms with Crippen LogP contribution in [-0.4, -0.2) is 9.55 Å². The molecule has 3 nitrogen and oxygen atoms in total. The number of aromatic nitrogens is 2. The van der Waals surface area contributed by atoms with Crippen molar-refractivity contribution in [2.75, 3.05) is 5.73 Å². The molecule has 1 heterocycles. The van der Waals surface area contributed by atoms with E-state index in [1.807, 2.05) is 13.0 Å². The standard InChI is InChI=1S/C10H10FN3/c1-7-2-3-9(8(11)6-7)14-5-4-13-10(14)12/h2-6H,1H3,(H2,12,13). The average Bonchev–Trinajstić information content (AvgIpc) is 2.52. The van der Waals surface area contributed by atoms with Gasteiger partial charge in [-0.15, -0.1) is 0 Å². The van der Waals surface area contributed by atoms with Crippen LogP contribution in [0.15, 0.2) is 30.6 Å². The number of rotatable bonds is 1. The zero-order chi connectivity index (χ0) is 10.1. The van der Waals surface area contributed by atoms with E-state index in [1.165, 1.54) is 16.8 Å². The van der Waals surface area contributed by atoms with Crippen LogP contribution in [0.1, 0.15) is 5.56 Å². The number of halogens is 1. The van der Waals surface area contributed by atoms with Gasteiger partial charge in [0, 0.05) is 12.4 Å². The molecule has 72 valence electrons. The van der Waals surface area contributed by atoms with Crippen molar-refractivity contribution >= 4 is 5.95 Å². The quantitative estimate of drug-likeness (QED) is 0.748.